The predicted molar refractivity (Wildman–Crippen MR) is 162 cm³/mol. The quantitative estimate of drug-likeness (QED) is 0.339. The molecule has 42 heavy (non-hydrogen) atoms. The molecular weight excluding hydrogens is 528 g/mol. The van der Waals surface area contributed by atoms with Crippen molar-refractivity contribution in [2.75, 3.05) is 26.7 Å². The maximum absolute atomic E-state index is 14.3. The summed E-state index contributed by atoms with van der Waals surface area (Å²) in [6, 6.07) is 24.8. The number of rotatable bonds is 10. The van der Waals surface area contributed by atoms with Gasteiger partial charge in [-0.15, -0.1) is 0 Å². The van der Waals surface area contributed by atoms with Gasteiger partial charge in [-0.1, -0.05) is 72.8 Å². The van der Waals surface area contributed by atoms with E-state index in [1.807, 2.05) is 98.8 Å². The zero-order valence-corrected chi connectivity index (χ0v) is 24.2. The average Bonchev–Trinajstić information content (AvgIpc) is 3.32. The summed E-state index contributed by atoms with van der Waals surface area (Å²) in [5.41, 5.74) is 3.61. The first-order valence-corrected chi connectivity index (χ1v) is 14.1. The van der Waals surface area contributed by atoms with Gasteiger partial charge in [-0.05, 0) is 49.2 Å². The van der Waals surface area contributed by atoms with Gasteiger partial charge in [0.2, 0.25) is 5.91 Å². The van der Waals surface area contributed by atoms with E-state index in [9.17, 15) is 14.4 Å². The first-order valence-electron chi connectivity index (χ1n) is 14.1. The second-order valence-corrected chi connectivity index (χ2v) is 10.8. The molecule has 0 saturated carbocycles. The molecule has 8 heteroatoms. The summed E-state index contributed by atoms with van der Waals surface area (Å²) in [6.45, 7) is 8.64. The lowest BCUT2D eigenvalue weighted by atomic mass is 9.95. The number of nitrogens with one attached hydrogen (secondary N) is 1. The molecule has 4 amide bonds. The molecule has 0 bridgehead atoms. The van der Waals surface area contributed by atoms with Gasteiger partial charge in [-0.3, -0.25) is 14.5 Å². The largest absolute Gasteiger partial charge is 0.457 e. The van der Waals surface area contributed by atoms with Gasteiger partial charge >= 0.3 is 6.03 Å². The van der Waals surface area contributed by atoms with Crippen molar-refractivity contribution >= 4 is 17.8 Å². The van der Waals surface area contributed by atoms with E-state index in [4.69, 9.17) is 4.74 Å². The topological polar surface area (TPSA) is 82.2 Å². The number of likely N-dealkylation sites (N-methyl/N-ethyl adjacent to an activating group) is 2. The van der Waals surface area contributed by atoms with E-state index in [2.05, 4.69) is 11.9 Å². The van der Waals surface area contributed by atoms with E-state index >= 15 is 0 Å². The highest BCUT2D eigenvalue weighted by molar-refractivity contribution is 6.03. The summed E-state index contributed by atoms with van der Waals surface area (Å²) in [7, 11) is 1.73. The molecule has 5 rings (SSSR count). The fraction of sp³-hybridized carbons (Fsp3) is 0.265. The third-order valence-corrected chi connectivity index (χ3v) is 7.55. The molecule has 3 aromatic rings. The molecule has 1 N–H and O–H groups in total. The Morgan fingerprint density at radius 3 is 2.36 bits per heavy atom. The number of nitrogens with zero attached hydrogens (tertiary/aromatic N) is 3. The highest BCUT2D eigenvalue weighted by atomic mass is 16.5. The zero-order chi connectivity index (χ0) is 29.8. The van der Waals surface area contributed by atoms with Gasteiger partial charge in [-0.2, -0.15) is 0 Å². The van der Waals surface area contributed by atoms with Crippen LogP contribution in [0.5, 0.6) is 11.5 Å². The zero-order valence-electron chi connectivity index (χ0n) is 24.2. The molecule has 2 aliphatic heterocycles. The van der Waals surface area contributed by atoms with Crippen LogP contribution in [0.15, 0.2) is 108 Å². The highest BCUT2D eigenvalue weighted by Gasteiger charge is 2.47. The Kier molecular flexibility index (Phi) is 8.43. The lowest BCUT2D eigenvalue weighted by Gasteiger charge is -2.33. The van der Waals surface area contributed by atoms with Crippen molar-refractivity contribution in [3.63, 3.8) is 0 Å². The maximum Gasteiger partial charge on any atom is 0.322 e. The van der Waals surface area contributed by atoms with Crippen LogP contribution in [0, 0.1) is 0 Å². The molecule has 0 spiro atoms. The van der Waals surface area contributed by atoms with Crippen molar-refractivity contribution in [3.8, 4) is 11.5 Å². The molecule has 0 aromatic heterocycles. The molecule has 0 unspecified atom stereocenters. The van der Waals surface area contributed by atoms with Crippen molar-refractivity contribution < 1.29 is 19.1 Å². The molecular formula is C34H36N4O4. The summed E-state index contributed by atoms with van der Waals surface area (Å²) in [6.07, 6.45) is 0.352. The van der Waals surface area contributed by atoms with Crippen LogP contribution in [0.3, 0.4) is 0 Å². The van der Waals surface area contributed by atoms with Gasteiger partial charge in [0.1, 0.15) is 17.5 Å². The van der Waals surface area contributed by atoms with Crippen LogP contribution in [0.25, 0.3) is 0 Å². The van der Waals surface area contributed by atoms with E-state index in [0.29, 0.717) is 42.3 Å². The minimum Gasteiger partial charge on any atom is -0.457 e. The monoisotopic (exact) mass is 564 g/mol. The maximum atomic E-state index is 14.3. The van der Waals surface area contributed by atoms with Gasteiger partial charge in [0.05, 0.1) is 23.9 Å². The minimum absolute atomic E-state index is 0.163. The Bertz CT molecular complexity index is 1520. The molecule has 3 aromatic carbocycles. The van der Waals surface area contributed by atoms with Crippen LogP contribution in [-0.2, 0) is 16.0 Å². The molecule has 0 radical (unpaired) electrons. The van der Waals surface area contributed by atoms with E-state index in [-0.39, 0.29) is 24.4 Å². The van der Waals surface area contributed by atoms with Crippen LogP contribution in [0.4, 0.5) is 4.79 Å². The number of benzene rings is 3. The van der Waals surface area contributed by atoms with Crippen LogP contribution in [-0.4, -0.2) is 65.3 Å². The van der Waals surface area contributed by atoms with Gasteiger partial charge in [-0.25, -0.2) is 4.79 Å². The average molecular weight is 565 g/mol. The summed E-state index contributed by atoms with van der Waals surface area (Å²) >= 11 is 0. The van der Waals surface area contributed by atoms with Gasteiger partial charge in [0.15, 0.2) is 0 Å². The number of carbonyl (C=O) groups is 3. The second kappa shape index (κ2) is 12.3. The number of urea groups is 1. The van der Waals surface area contributed by atoms with E-state index in [1.54, 1.807) is 21.7 Å². The van der Waals surface area contributed by atoms with E-state index < -0.39 is 12.1 Å². The summed E-state index contributed by atoms with van der Waals surface area (Å²) < 4.78 is 6.04. The van der Waals surface area contributed by atoms with Crippen LogP contribution in [0.1, 0.15) is 31.0 Å². The van der Waals surface area contributed by atoms with Crippen molar-refractivity contribution in [2.24, 2.45) is 0 Å². The smallest absolute Gasteiger partial charge is 0.322 e. The fourth-order valence-electron chi connectivity index (χ4n) is 5.64. The van der Waals surface area contributed by atoms with E-state index in [0.717, 1.165) is 16.7 Å². The first-order chi connectivity index (χ1) is 20.3. The molecule has 216 valence electrons. The lowest BCUT2D eigenvalue weighted by Crippen LogP contribution is -2.50. The molecule has 2 atom stereocenters. The number of amides is 4. The molecule has 2 aliphatic rings. The number of carbonyl (C=O) groups excluding carboxylic acids is 3. The third-order valence-electron chi connectivity index (χ3n) is 7.55. The van der Waals surface area contributed by atoms with E-state index in [1.165, 1.54) is 0 Å². The predicted octanol–water partition coefficient (Wildman–Crippen LogP) is 5.31. The number of para-hydroxylation sites is 1. The van der Waals surface area contributed by atoms with Crippen molar-refractivity contribution in [2.45, 2.75) is 32.4 Å². The van der Waals surface area contributed by atoms with Crippen molar-refractivity contribution in [1.29, 1.82) is 0 Å². The Morgan fingerprint density at radius 2 is 1.69 bits per heavy atom. The lowest BCUT2D eigenvalue weighted by molar-refractivity contribution is -0.141. The Morgan fingerprint density at radius 1 is 1.02 bits per heavy atom. The highest BCUT2D eigenvalue weighted by Crippen LogP contribution is 2.38. The van der Waals surface area contributed by atoms with Gasteiger partial charge in [0.25, 0.3) is 5.91 Å². The normalized spacial score (nSPS) is 17.1. The molecule has 0 fully saturated rings. The Hall–Kier alpha value is -4.85. The van der Waals surface area contributed by atoms with Gasteiger partial charge in [0, 0.05) is 26.6 Å². The Balaban J connectivity index is 1.50. The van der Waals surface area contributed by atoms with Crippen LogP contribution in [0.2, 0.25) is 0 Å². The molecule has 0 aliphatic carbocycles. The van der Waals surface area contributed by atoms with Crippen LogP contribution >= 0.6 is 0 Å². The third kappa shape index (κ3) is 5.93. The second-order valence-electron chi connectivity index (χ2n) is 10.8. The summed E-state index contributed by atoms with van der Waals surface area (Å²) in [5, 5.41) is 3.03. The van der Waals surface area contributed by atoms with Crippen molar-refractivity contribution in [1.82, 2.24) is 20.0 Å². The van der Waals surface area contributed by atoms with Gasteiger partial charge < -0.3 is 19.9 Å². The van der Waals surface area contributed by atoms with Crippen molar-refractivity contribution in [3.05, 3.63) is 119 Å². The number of hydrogen-bond donors (Lipinski definition) is 1. The van der Waals surface area contributed by atoms with Crippen LogP contribution < -0.4 is 10.1 Å². The number of hydrogen-bond acceptors (Lipinski definition) is 4. The SMILES string of the molecule is C=C(C)CN(C)C(=O)[C@@H](Cc1ccccc1)N1CC2=C(C1=O)[C@H](c1cccc(Oc3ccccc3)c1)NC(=O)N2CC. The Labute approximate surface area is 246 Å². The molecule has 0 saturated heterocycles. The first kappa shape index (κ1) is 28.7. The number of ether oxygens (including phenoxy) is 1. The molecule has 8 nitrogen and oxygen atoms in total. The molecule has 2 heterocycles. The summed E-state index contributed by atoms with van der Waals surface area (Å²) in [5.74, 6) is 0.838. The standard InChI is InChI=1S/C34H36N4O4/c1-5-37-29-22-38(28(19-24-13-8-6-9-14-24)32(39)36(4)21-23(2)3)33(40)30(29)31(35-34(37)41)25-15-12-18-27(20-25)42-26-16-10-7-11-17-26/h6-18,20,28,31H,2,5,19,21-22H2,1,3-4H3,(H,35,41)/t28-,31+/m1/s1. The summed E-state index contributed by atoms with van der Waals surface area (Å²) in [4.78, 5) is 46.3. The fourth-order valence-corrected chi connectivity index (χ4v) is 5.64. The minimum atomic E-state index is -0.753.